The molecule has 0 spiro atoms. The molecule has 1 aromatic rings. The number of hydrogen-bond donors (Lipinski definition) is 1. The van der Waals surface area contributed by atoms with Crippen molar-refractivity contribution in [2.45, 2.75) is 64.1 Å². The number of amides is 1. The van der Waals surface area contributed by atoms with Gasteiger partial charge in [0.25, 0.3) is 0 Å². The highest BCUT2D eigenvalue weighted by molar-refractivity contribution is 5.69. The van der Waals surface area contributed by atoms with Gasteiger partial charge in [-0.15, -0.1) is 0 Å². The van der Waals surface area contributed by atoms with Gasteiger partial charge in [-0.2, -0.15) is 0 Å². The minimum Gasteiger partial charge on any atom is -0.444 e. The predicted octanol–water partition coefficient (Wildman–Crippen LogP) is 3.45. The maximum Gasteiger partial charge on any atom is 0.410 e. The number of nitrogens with one attached hydrogen (secondary N) is 1. The number of rotatable bonds is 3. The topological polar surface area (TPSA) is 41.6 Å². The van der Waals surface area contributed by atoms with E-state index in [-0.39, 0.29) is 6.09 Å². The SMILES string of the molecule is Cc1ccccc1C1CC(NC2CN(C(=O)OC(C)(C)C)C2)C1. The molecule has 4 heteroatoms. The molecule has 23 heavy (non-hydrogen) atoms. The standard InChI is InChI=1S/C19H28N2O2/c1-13-7-5-6-8-17(13)14-9-15(10-14)20-16-11-21(12-16)18(22)23-19(2,3)4/h5-8,14-16,20H,9-12H2,1-4H3. The van der Waals surface area contributed by atoms with Crippen LogP contribution in [0.2, 0.25) is 0 Å². The van der Waals surface area contributed by atoms with E-state index in [2.05, 4.69) is 36.5 Å². The van der Waals surface area contributed by atoms with Gasteiger partial charge in [-0.1, -0.05) is 24.3 Å². The third-order valence-electron chi connectivity index (χ3n) is 4.77. The Labute approximate surface area is 139 Å². The second kappa shape index (κ2) is 6.16. The molecule has 1 saturated carbocycles. The molecule has 0 unspecified atom stereocenters. The molecule has 1 aliphatic heterocycles. The lowest BCUT2D eigenvalue weighted by Crippen LogP contribution is -2.63. The Kier molecular flexibility index (Phi) is 4.37. The number of benzene rings is 1. The number of hydrogen-bond acceptors (Lipinski definition) is 3. The van der Waals surface area contributed by atoms with Crippen LogP contribution in [0.4, 0.5) is 4.79 Å². The van der Waals surface area contributed by atoms with Gasteiger partial charge < -0.3 is 15.0 Å². The summed E-state index contributed by atoms with van der Waals surface area (Å²) in [5.41, 5.74) is 2.48. The van der Waals surface area contributed by atoms with Crippen LogP contribution in [0.5, 0.6) is 0 Å². The zero-order chi connectivity index (χ0) is 16.6. The van der Waals surface area contributed by atoms with Gasteiger partial charge in [0.15, 0.2) is 0 Å². The normalized spacial score (nSPS) is 24.8. The largest absolute Gasteiger partial charge is 0.444 e. The maximum absolute atomic E-state index is 11.9. The number of aryl methyl sites for hydroxylation is 1. The molecule has 4 nitrogen and oxygen atoms in total. The second-order valence-electron chi connectivity index (χ2n) is 7.97. The highest BCUT2D eigenvalue weighted by atomic mass is 16.6. The smallest absolute Gasteiger partial charge is 0.410 e. The molecule has 1 saturated heterocycles. The van der Waals surface area contributed by atoms with Crippen LogP contribution in [0.1, 0.15) is 50.7 Å². The molecule has 0 aromatic heterocycles. The van der Waals surface area contributed by atoms with Crippen LogP contribution in [-0.4, -0.2) is 41.8 Å². The van der Waals surface area contributed by atoms with E-state index in [4.69, 9.17) is 4.74 Å². The fraction of sp³-hybridized carbons (Fsp3) is 0.632. The lowest BCUT2D eigenvalue weighted by Gasteiger charge is -2.45. The predicted molar refractivity (Wildman–Crippen MR) is 91.7 cm³/mol. The van der Waals surface area contributed by atoms with Crippen molar-refractivity contribution in [1.82, 2.24) is 10.2 Å². The highest BCUT2D eigenvalue weighted by Gasteiger charge is 2.38. The van der Waals surface area contributed by atoms with E-state index in [9.17, 15) is 4.79 Å². The van der Waals surface area contributed by atoms with Gasteiger partial charge in [-0.3, -0.25) is 0 Å². The molecule has 2 fully saturated rings. The molecular formula is C19H28N2O2. The van der Waals surface area contributed by atoms with Crippen molar-refractivity contribution in [2.75, 3.05) is 13.1 Å². The zero-order valence-electron chi connectivity index (χ0n) is 14.6. The Morgan fingerprint density at radius 1 is 1.17 bits per heavy atom. The number of likely N-dealkylation sites (tertiary alicyclic amines) is 1. The summed E-state index contributed by atoms with van der Waals surface area (Å²) in [6.45, 7) is 9.43. The van der Waals surface area contributed by atoms with Crippen LogP contribution in [0, 0.1) is 6.92 Å². The Morgan fingerprint density at radius 3 is 2.43 bits per heavy atom. The summed E-state index contributed by atoms with van der Waals surface area (Å²) >= 11 is 0. The summed E-state index contributed by atoms with van der Waals surface area (Å²) in [5.74, 6) is 0.690. The van der Waals surface area contributed by atoms with Crippen molar-refractivity contribution < 1.29 is 9.53 Å². The first kappa shape index (κ1) is 16.3. The third-order valence-corrected chi connectivity index (χ3v) is 4.77. The molecule has 1 heterocycles. The van der Waals surface area contributed by atoms with Crippen LogP contribution >= 0.6 is 0 Å². The summed E-state index contributed by atoms with van der Waals surface area (Å²) in [7, 11) is 0. The molecule has 1 amide bonds. The van der Waals surface area contributed by atoms with Crippen molar-refractivity contribution in [3.8, 4) is 0 Å². The summed E-state index contributed by atoms with van der Waals surface area (Å²) in [4.78, 5) is 13.7. The van der Waals surface area contributed by atoms with E-state index >= 15 is 0 Å². The fourth-order valence-corrected chi connectivity index (χ4v) is 3.45. The minimum absolute atomic E-state index is 0.193. The number of carbonyl (C=O) groups is 1. The van der Waals surface area contributed by atoms with Crippen LogP contribution in [0.25, 0.3) is 0 Å². The van der Waals surface area contributed by atoms with E-state index in [1.54, 1.807) is 4.90 Å². The average molecular weight is 316 g/mol. The Morgan fingerprint density at radius 2 is 1.83 bits per heavy atom. The third kappa shape index (κ3) is 3.86. The minimum atomic E-state index is -0.412. The Balaban J connectivity index is 1.38. The van der Waals surface area contributed by atoms with Crippen molar-refractivity contribution in [3.63, 3.8) is 0 Å². The Bertz CT molecular complexity index is 567. The lowest BCUT2D eigenvalue weighted by molar-refractivity contribution is 0.00259. The van der Waals surface area contributed by atoms with Gasteiger partial charge in [0.2, 0.25) is 0 Å². The van der Waals surface area contributed by atoms with Gasteiger partial charge >= 0.3 is 6.09 Å². The summed E-state index contributed by atoms with van der Waals surface area (Å²) in [6.07, 6.45) is 2.21. The molecule has 2 aliphatic rings. The van der Waals surface area contributed by atoms with Crippen molar-refractivity contribution in [1.29, 1.82) is 0 Å². The molecular weight excluding hydrogens is 288 g/mol. The molecule has 0 atom stereocenters. The first-order valence-electron chi connectivity index (χ1n) is 8.61. The average Bonchev–Trinajstić information content (AvgIpc) is 2.34. The van der Waals surface area contributed by atoms with Crippen LogP contribution in [0.3, 0.4) is 0 Å². The highest BCUT2D eigenvalue weighted by Crippen LogP contribution is 2.38. The summed E-state index contributed by atoms with van der Waals surface area (Å²) in [6, 6.07) is 9.70. The van der Waals surface area contributed by atoms with Gasteiger partial charge in [0, 0.05) is 25.2 Å². The van der Waals surface area contributed by atoms with Gasteiger partial charge in [0.1, 0.15) is 5.60 Å². The van der Waals surface area contributed by atoms with E-state index in [0.29, 0.717) is 18.0 Å². The first-order chi connectivity index (χ1) is 10.8. The summed E-state index contributed by atoms with van der Waals surface area (Å²) in [5, 5.41) is 3.67. The molecule has 126 valence electrons. The van der Waals surface area contributed by atoms with E-state index in [1.807, 2.05) is 20.8 Å². The molecule has 1 aliphatic carbocycles. The fourth-order valence-electron chi connectivity index (χ4n) is 3.45. The quantitative estimate of drug-likeness (QED) is 0.928. The van der Waals surface area contributed by atoms with Crippen molar-refractivity contribution in [2.24, 2.45) is 0 Å². The van der Waals surface area contributed by atoms with Gasteiger partial charge in [-0.05, 0) is 57.6 Å². The molecule has 1 N–H and O–H groups in total. The van der Waals surface area contributed by atoms with E-state index in [0.717, 1.165) is 13.1 Å². The molecule has 3 rings (SSSR count). The van der Waals surface area contributed by atoms with Crippen LogP contribution < -0.4 is 5.32 Å². The number of ether oxygens (including phenoxy) is 1. The monoisotopic (exact) mass is 316 g/mol. The van der Waals surface area contributed by atoms with Crippen molar-refractivity contribution in [3.05, 3.63) is 35.4 Å². The van der Waals surface area contributed by atoms with Crippen LogP contribution in [0.15, 0.2) is 24.3 Å². The van der Waals surface area contributed by atoms with Crippen LogP contribution in [-0.2, 0) is 4.74 Å². The molecule has 0 bridgehead atoms. The van der Waals surface area contributed by atoms with E-state index < -0.39 is 5.60 Å². The Hall–Kier alpha value is -1.55. The van der Waals surface area contributed by atoms with E-state index in [1.165, 1.54) is 24.0 Å². The van der Waals surface area contributed by atoms with Crippen molar-refractivity contribution >= 4 is 6.09 Å². The second-order valence-corrected chi connectivity index (χ2v) is 7.97. The lowest BCUT2D eigenvalue weighted by atomic mass is 9.74. The molecule has 0 radical (unpaired) electrons. The van der Waals surface area contributed by atoms with Gasteiger partial charge in [0.05, 0.1) is 0 Å². The van der Waals surface area contributed by atoms with Gasteiger partial charge in [-0.25, -0.2) is 4.79 Å². The first-order valence-corrected chi connectivity index (χ1v) is 8.61. The maximum atomic E-state index is 11.9. The molecule has 1 aromatic carbocycles. The summed E-state index contributed by atoms with van der Waals surface area (Å²) < 4.78 is 5.38. The number of nitrogens with zero attached hydrogens (tertiary/aromatic N) is 1. The number of carbonyl (C=O) groups excluding carboxylic acids is 1. The zero-order valence-corrected chi connectivity index (χ0v) is 14.6.